The number of carbonyl (C=O) groups excluding carboxylic acids is 2. The van der Waals surface area contributed by atoms with Crippen LogP contribution in [0.15, 0.2) is 77.7 Å². The van der Waals surface area contributed by atoms with E-state index in [1.165, 1.54) is 42.3 Å². The van der Waals surface area contributed by atoms with Crippen molar-refractivity contribution in [3.63, 3.8) is 0 Å². The Morgan fingerprint density at radius 1 is 0.889 bits per heavy atom. The highest BCUT2D eigenvalue weighted by Crippen LogP contribution is 2.35. The summed E-state index contributed by atoms with van der Waals surface area (Å²) in [6.07, 6.45) is 0. The van der Waals surface area contributed by atoms with E-state index in [0.29, 0.717) is 10.6 Å². The lowest BCUT2D eigenvalue weighted by Crippen LogP contribution is -2.50. The van der Waals surface area contributed by atoms with E-state index in [2.05, 4.69) is 5.32 Å². The maximum absolute atomic E-state index is 13.7. The van der Waals surface area contributed by atoms with Crippen LogP contribution in [0, 0.1) is 0 Å². The van der Waals surface area contributed by atoms with E-state index in [1.54, 1.807) is 49.4 Å². The van der Waals surface area contributed by atoms with Crippen LogP contribution < -0.4 is 9.62 Å². The van der Waals surface area contributed by atoms with Gasteiger partial charge in [-0.25, -0.2) is 8.42 Å². The van der Waals surface area contributed by atoms with Crippen molar-refractivity contribution in [2.24, 2.45) is 0 Å². The third-order valence-corrected chi connectivity index (χ3v) is 8.47. The van der Waals surface area contributed by atoms with Gasteiger partial charge in [0.15, 0.2) is 0 Å². The Morgan fingerprint density at radius 3 is 2.14 bits per heavy atom. The molecule has 0 radical (unpaired) electrons. The van der Waals surface area contributed by atoms with E-state index in [0.717, 1.165) is 4.31 Å². The molecule has 1 atom stereocenters. The van der Waals surface area contributed by atoms with Crippen molar-refractivity contribution in [2.45, 2.75) is 24.4 Å². The summed E-state index contributed by atoms with van der Waals surface area (Å²) in [4.78, 5) is 27.4. The van der Waals surface area contributed by atoms with Gasteiger partial charge in [-0.05, 0) is 42.8 Å². The number of likely N-dealkylation sites (N-methyl/N-ethyl adjacent to an activating group) is 1. The van der Waals surface area contributed by atoms with E-state index in [9.17, 15) is 18.0 Å². The summed E-state index contributed by atoms with van der Waals surface area (Å²) < 4.78 is 28.3. The van der Waals surface area contributed by atoms with Gasteiger partial charge in [-0.1, -0.05) is 77.3 Å². The van der Waals surface area contributed by atoms with Gasteiger partial charge >= 0.3 is 0 Å². The van der Waals surface area contributed by atoms with Gasteiger partial charge in [-0.2, -0.15) is 0 Å². The number of rotatable bonds is 9. The quantitative estimate of drug-likeness (QED) is 0.393. The number of anilines is 1. The molecular weight excluding hydrogens is 545 g/mol. The van der Waals surface area contributed by atoms with Gasteiger partial charge in [0.05, 0.1) is 20.6 Å². The Hall–Kier alpha value is -2.78. The highest BCUT2D eigenvalue weighted by Gasteiger charge is 2.33. The van der Waals surface area contributed by atoms with Crippen molar-refractivity contribution in [2.75, 3.05) is 17.9 Å². The molecule has 3 rings (SSSR count). The standard InChI is InChI=1S/C25H24Cl3N3O4S/c1-17(25(33)29-2)30(15-18-9-6-7-12-20(18)26)23(32)16-31(22-14-8-13-21(27)24(22)28)36(34,35)19-10-4-3-5-11-19/h3-14,17H,15-16H2,1-2H3,(H,29,33)/t17-/m1/s1. The van der Waals surface area contributed by atoms with Gasteiger partial charge in [0, 0.05) is 18.6 Å². The fourth-order valence-corrected chi connectivity index (χ4v) is 5.61. The summed E-state index contributed by atoms with van der Waals surface area (Å²) in [6.45, 7) is 0.897. The third kappa shape index (κ3) is 6.13. The Bertz CT molecular complexity index is 1350. The number of hydrogen-bond acceptors (Lipinski definition) is 4. The average Bonchev–Trinajstić information content (AvgIpc) is 2.88. The Labute approximate surface area is 225 Å². The molecule has 0 bridgehead atoms. The number of benzene rings is 3. The minimum atomic E-state index is -4.24. The zero-order chi connectivity index (χ0) is 26.5. The molecule has 190 valence electrons. The van der Waals surface area contributed by atoms with E-state index < -0.39 is 34.4 Å². The number of hydrogen-bond donors (Lipinski definition) is 1. The number of halogens is 3. The van der Waals surface area contributed by atoms with Crippen LogP contribution in [0.2, 0.25) is 15.1 Å². The van der Waals surface area contributed by atoms with Gasteiger partial charge in [-0.15, -0.1) is 0 Å². The smallest absolute Gasteiger partial charge is 0.264 e. The van der Waals surface area contributed by atoms with Crippen molar-refractivity contribution >= 4 is 62.3 Å². The second kappa shape index (κ2) is 12.0. The summed E-state index contributed by atoms with van der Waals surface area (Å²) in [5, 5.41) is 3.03. The lowest BCUT2D eigenvalue weighted by molar-refractivity contribution is -0.139. The molecule has 3 aromatic carbocycles. The third-order valence-electron chi connectivity index (χ3n) is 5.52. The summed E-state index contributed by atoms with van der Waals surface area (Å²) in [6, 6.07) is 18.1. The van der Waals surface area contributed by atoms with Crippen molar-refractivity contribution in [1.82, 2.24) is 10.2 Å². The van der Waals surface area contributed by atoms with Crippen LogP contribution in [0.5, 0.6) is 0 Å². The number of nitrogens with zero attached hydrogens (tertiary/aromatic N) is 2. The zero-order valence-electron chi connectivity index (χ0n) is 19.5. The average molecular weight is 569 g/mol. The van der Waals surface area contributed by atoms with Gasteiger partial charge in [0.25, 0.3) is 10.0 Å². The van der Waals surface area contributed by atoms with Crippen LogP contribution in [-0.2, 0) is 26.2 Å². The molecule has 0 heterocycles. The SMILES string of the molecule is CNC(=O)[C@@H](C)N(Cc1ccccc1Cl)C(=O)CN(c1cccc(Cl)c1Cl)S(=O)(=O)c1ccccc1. The molecule has 0 aliphatic rings. The molecule has 0 aliphatic heterocycles. The molecule has 0 saturated heterocycles. The monoisotopic (exact) mass is 567 g/mol. The Kier molecular flexibility index (Phi) is 9.24. The first kappa shape index (κ1) is 27.8. The van der Waals surface area contributed by atoms with E-state index in [4.69, 9.17) is 34.8 Å². The number of carbonyl (C=O) groups is 2. The first-order chi connectivity index (χ1) is 17.1. The maximum atomic E-state index is 13.7. The van der Waals surface area contributed by atoms with Gasteiger partial charge in [-0.3, -0.25) is 13.9 Å². The van der Waals surface area contributed by atoms with Crippen LogP contribution in [0.4, 0.5) is 5.69 Å². The molecule has 0 unspecified atom stereocenters. The van der Waals surface area contributed by atoms with Crippen LogP contribution in [-0.4, -0.2) is 44.8 Å². The lowest BCUT2D eigenvalue weighted by atomic mass is 10.1. The van der Waals surface area contributed by atoms with E-state index in [1.807, 2.05) is 0 Å². The normalized spacial score (nSPS) is 12.0. The molecular formula is C25H24Cl3N3O4S. The van der Waals surface area contributed by atoms with Crippen molar-refractivity contribution in [3.8, 4) is 0 Å². The van der Waals surface area contributed by atoms with Crippen molar-refractivity contribution < 1.29 is 18.0 Å². The van der Waals surface area contributed by atoms with Gasteiger partial charge in [0.2, 0.25) is 11.8 Å². The number of nitrogens with one attached hydrogen (secondary N) is 1. The molecule has 1 N–H and O–H groups in total. The Balaban J connectivity index is 2.08. The van der Waals surface area contributed by atoms with Crippen LogP contribution in [0.3, 0.4) is 0 Å². The molecule has 3 aromatic rings. The molecule has 0 aliphatic carbocycles. The van der Waals surface area contributed by atoms with Crippen molar-refractivity contribution in [3.05, 3.63) is 93.4 Å². The second-order valence-corrected chi connectivity index (χ2v) is 10.9. The minimum absolute atomic E-state index is 0.0183. The summed E-state index contributed by atoms with van der Waals surface area (Å²) in [5.41, 5.74) is 0.633. The topological polar surface area (TPSA) is 86.8 Å². The molecule has 0 aromatic heterocycles. The van der Waals surface area contributed by atoms with Crippen LogP contribution >= 0.6 is 34.8 Å². The lowest BCUT2D eigenvalue weighted by Gasteiger charge is -2.32. The molecule has 2 amide bonds. The maximum Gasteiger partial charge on any atom is 0.264 e. The fourth-order valence-electron chi connectivity index (χ4n) is 3.52. The predicted molar refractivity (Wildman–Crippen MR) is 143 cm³/mol. The van der Waals surface area contributed by atoms with Crippen LogP contribution in [0.1, 0.15) is 12.5 Å². The molecule has 7 nitrogen and oxygen atoms in total. The second-order valence-electron chi connectivity index (χ2n) is 7.80. The highest BCUT2D eigenvalue weighted by atomic mass is 35.5. The van der Waals surface area contributed by atoms with E-state index in [-0.39, 0.29) is 27.2 Å². The largest absolute Gasteiger partial charge is 0.357 e. The number of amides is 2. The molecule has 11 heteroatoms. The summed E-state index contributed by atoms with van der Waals surface area (Å²) in [7, 11) is -2.79. The van der Waals surface area contributed by atoms with Gasteiger partial charge < -0.3 is 10.2 Å². The molecule has 36 heavy (non-hydrogen) atoms. The fraction of sp³-hybridized carbons (Fsp3) is 0.200. The number of sulfonamides is 1. The summed E-state index contributed by atoms with van der Waals surface area (Å²) in [5.74, 6) is -1.06. The molecule has 0 saturated carbocycles. The minimum Gasteiger partial charge on any atom is -0.357 e. The first-order valence-corrected chi connectivity index (χ1v) is 13.4. The molecule has 0 fully saturated rings. The van der Waals surface area contributed by atoms with Gasteiger partial charge in [0.1, 0.15) is 12.6 Å². The van der Waals surface area contributed by atoms with Crippen molar-refractivity contribution in [1.29, 1.82) is 0 Å². The molecule has 0 spiro atoms. The first-order valence-electron chi connectivity index (χ1n) is 10.8. The van der Waals surface area contributed by atoms with E-state index >= 15 is 0 Å². The summed E-state index contributed by atoms with van der Waals surface area (Å²) >= 11 is 18.9. The highest BCUT2D eigenvalue weighted by molar-refractivity contribution is 7.92. The Morgan fingerprint density at radius 2 is 1.50 bits per heavy atom. The van der Waals surface area contributed by atoms with Crippen LogP contribution in [0.25, 0.3) is 0 Å². The zero-order valence-corrected chi connectivity index (χ0v) is 22.6. The predicted octanol–water partition coefficient (Wildman–Crippen LogP) is 5.01.